The largest absolute Gasteiger partial charge is 0.488 e. The molecule has 6 rings (SSSR count). The van der Waals surface area contributed by atoms with E-state index < -0.39 is 0 Å². The summed E-state index contributed by atoms with van der Waals surface area (Å²) >= 11 is 8.29. The lowest BCUT2D eigenvalue weighted by Crippen LogP contribution is -2.20. The smallest absolute Gasteiger partial charge is 0.282 e. The molecule has 0 radical (unpaired) electrons. The van der Waals surface area contributed by atoms with E-state index in [0.717, 1.165) is 14.5 Å². The third-order valence-electron chi connectivity index (χ3n) is 6.07. The SMILES string of the molecule is O=c1c2ccccc2nc(-c2cc3cc(Cl)ccc3o2)n1N=Cc1ccc(OCc2ccccc2F)c(I)c1. The molecule has 6 nitrogen and oxygen atoms in total. The van der Waals surface area contributed by atoms with E-state index in [1.165, 1.54) is 10.7 Å². The van der Waals surface area contributed by atoms with E-state index in [4.69, 9.17) is 25.7 Å². The minimum Gasteiger partial charge on any atom is -0.488 e. The highest BCUT2D eigenvalue weighted by atomic mass is 127. The van der Waals surface area contributed by atoms with Gasteiger partial charge in [0.25, 0.3) is 5.56 Å². The van der Waals surface area contributed by atoms with Crippen LogP contribution < -0.4 is 10.3 Å². The summed E-state index contributed by atoms with van der Waals surface area (Å²) in [5, 5.41) is 6.30. The molecule has 0 aliphatic rings. The number of nitrogens with zero attached hydrogens (tertiary/aromatic N) is 3. The van der Waals surface area contributed by atoms with Gasteiger partial charge >= 0.3 is 0 Å². The summed E-state index contributed by atoms with van der Waals surface area (Å²) in [5.74, 6) is 0.955. The summed E-state index contributed by atoms with van der Waals surface area (Å²) in [4.78, 5) is 18.2. The zero-order chi connectivity index (χ0) is 26.9. The highest BCUT2D eigenvalue weighted by Gasteiger charge is 2.16. The van der Waals surface area contributed by atoms with Crippen LogP contribution in [0.3, 0.4) is 0 Å². The van der Waals surface area contributed by atoms with Crippen LogP contribution in [0.5, 0.6) is 5.75 Å². The molecule has 0 atom stereocenters. The molecule has 0 fully saturated rings. The molecule has 192 valence electrons. The van der Waals surface area contributed by atoms with Gasteiger partial charge in [0, 0.05) is 16.0 Å². The number of fused-ring (bicyclic) bond motifs is 2. The van der Waals surface area contributed by atoms with Crippen LogP contribution >= 0.6 is 34.2 Å². The van der Waals surface area contributed by atoms with Crippen LogP contribution in [-0.4, -0.2) is 15.9 Å². The maximum absolute atomic E-state index is 13.9. The van der Waals surface area contributed by atoms with Crippen LogP contribution in [0.25, 0.3) is 33.5 Å². The molecule has 4 aromatic carbocycles. The number of rotatable bonds is 6. The van der Waals surface area contributed by atoms with E-state index in [1.54, 1.807) is 72.9 Å². The van der Waals surface area contributed by atoms with Crippen LogP contribution in [0.1, 0.15) is 11.1 Å². The zero-order valence-electron chi connectivity index (χ0n) is 20.1. The van der Waals surface area contributed by atoms with Gasteiger partial charge in [0.2, 0.25) is 5.82 Å². The summed E-state index contributed by atoms with van der Waals surface area (Å²) in [7, 11) is 0. The number of halogens is 3. The number of para-hydroxylation sites is 1. The quantitative estimate of drug-likeness (QED) is 0.137. The van der Waals surface area contributed by atoms with Gasteiger partial charge in [-0.1, -0.05) is 41.9 Å². The average Bonchev–Trinajstić information content (AvgIpc) is 3.36. The Bertz CT molecular complexity index is 1950. The third kappa shape index (κ3) is 5.17. The number of aromatic nitrogens is 2. The lowest BCUT2D eigenvalue weighted by Gasteiger charge is -2.10. The minimum atomic E-state index is -0.329. The van der Waals surface area contributed by atoms with Gasteiger partial charge < -0.3 is 9.15 Å². The van der Waals surface area contributed by atoms with Gasteiger partial charge in [0.15, 0.2) is 5.76 Å². The van der Waals surface area contributed by atoms with E-state index in [2.05, 4.69) is 27.7 Å². The molecule has 2 aromatic heterocycles. The molecule has 6 aromatic rings. The Labute approximate surface area is 240 Å². The molecule has 0 amide bonds. The van der Waals surface area contributed by atoms with Crippen molar-refractivity contribution in [2.24, 2.45) is 5.10 Å². The molecule has 0 saturated carbocycles. The molecule has 0 saturated heterocycles. The first-order valence-electron chi connectivity index (χ1n) is 11.9. The van der Waals surface area contributed by atoms with E-state index >= 15 is 0 Å². The Balaban J connectivity index is 1.36. The Morgan fingerprint density at radius 2 is 1.85 bits per heavy atom. The van der Waals surface area contributed by atoms with Crippen molar-refractivity contribution in [1.82, 2.24) is 9.66 Å². The number of ether oxygens (including phenoxy) is 1. The zero-order valence-corrected chi connectivity index (χ0v) is 23.1. The van der Waals surface area contributed by atoms with Crippen molar-refractivity contribution in [2.45, 2.75) is 6.61 Å². The molecule has 0 aliphatic heterocycles. The van der Waals surface area contributed by atoms with Crippen molar-refractivity contribution in [2.75, 3.05) is 0 Å². The molecular formula is C30H18ClFIN3O3. The molecule has 39 heavy (non-hydrogen) atoms. The van der Waals surface area contributed by atoms with E-state index in [1.807, 2.05) is 18.2 Å². The standard InChI is InChI=1S/C30H18ClFIN3O3/c31-21-10-12-26-20(14-21)15-28(39-26)29-35-25-8-4-2-6-22(25)30(37)36(29)34-16-18-9-11-27(24(33)13-18)38-17-19-5-1-3-7-23(19)32/h1-16H,17H2. The molecule has 0 bridgehead atoms. The number of benzene rings is 4. The van der Waals surface area contributed by atoms with Gasteiger partial charge in [-0.25, -0.2) is 9.37 Å². The molecule has 0 aliphatic carbocycles. The second-order valence-corrected chi connectivity index (χ2v) is 10.3. The Morgan fingerprint density at radius 1 is 1.03 bits per heavy atom. The first kappa shape index (κ1) is 25.3. The van der Waals surface area contributed by atoms with Crippen LogP contribution in [0.15, 0.2) is 105 Å². The van der Waals surface area contributed by atoms with E-state index in [0.29, 0.717) is 38.6 Å². The fourth-order valence-corrected chi connectivity index (χ4v) is 5.00. The van der Waals surface area contributed by atoms with Gasteiger partial charge in [-0.15, -0.1) is 0 Å². The monoisotopic (exact) mass is 649 g/mol. The van der Waals surface area contributed by atoms with Crippen LogP contribution in [-0.2, 0) is 6.61 Å². The molecule has 9 heteroatoms. The van der Waals surface area contributed by atoms with Gasteiger partial charge in [-0.2, -0.15) is 9.78 Å². The molecular weight excluding hydrogens is 632 g/mol. The van der Waals surface area contributed by atoms with E-state index in [9.17, 15) is 9.18 Å². The Morgan fingerprint density at radius 3 is 2.69 bits per heavy atom. The predicted octanol–water partition coefficient (Wildman–Crippen LogP) is 7.67. The molecule has 2 heterocycles. The second-order valence-electron chi connectivity index (χ2n) is 8.68. The number of hydrogen-bond donors (Lipinski definition) is 0. The number of hydrogen-bond acceptors (Lipinski definition) is 5. The van der Waals surface area contributed by atoms with Crippen molar-refractivity contribution in [3.63, 3.8) is 0 Å². The Hall–Kier alpha value is -4.02. The fourth-order valence-electron chi connectivity index (χ4n) is 4.12. The normalized spacial score (nSPS) is 11.6. The first-order valence-corrected chi connectivity index (χ1v) is 13.3. The Kier molecular flexibility index (Phi) is 6.88. The van der Waals surface area contributed by atoms with E-state index in [-0.39, 0.29) is 23.8 Å². The average molecular weight is 650 g/mol. The van der Waals surface area contributed by atoms with Gasteiger partial charge in [-0.05, 0) is 88.8 Å². The third-order valence-corrected chi connectivity index (χ3v) is 7.15. The van der Waals surface area contributed by atoms with Crippen molar-refractivity contribution < 1.29 is 13.5 Å². The summed E-state index contributed by atoms with van der Waals surface area (Å²) < 4.78 is 27.8. The highest BCUT2D eigenvalue weighted by Crippen LogP contribution is 2.29. The first-order chi connectivity index (χ1) is 19.0. The van der Waals surface area contributed by atoms with Gasteiger partial charge in [-0.3, -0.25) is 4.79 Å². The molecule has 0 spiro atoms. The van der Waals surface area contributed by atoms with Crippen LogP contribution in [0, 0.1) is 9.39 Å². The van der Waals surface area contributed by atoms with Gasteiger partial charge in [0.05, 0.1) is 20.7 Å². The lowest BCUT2D eigenvalue weighted by atomic mass is 10.2. The van der Waals surface area contributed by atoms with Crippen molar-refractivity contribution in [3.8, 4) is 17.3 Å². The highest BCUT2D eigenvalue weighted by molar-refractivity contribution is 14.1. The molecule has 0 unspecified atom stereocenters. The predicted molar refractivity (Wildman–Crippen MR) is 159 cm³/mol. The maximum atomic E-state index is 13.9. The summed E-state index contributed by atoms with van der Waals surface area (Å²) in [5.41, 5.74) is 2.04. The van der Waals surface area contributed by atoms with Crippen molar-refractivity contribution >= 4 is 62.3 Å². The second kappa shape index (κ2) is 10.6. The summed E-state index contributed by atoms with van der Waals surface area (Å²) in [6.45, 7) is 0.111. The molecule has 0 N–H and O–H groups in total. The minimum absolute atomic E-state index is 0.111. The van der Waals surface area contributed by atoms with Crippen molar-refractivity contribution in [3.05, 3.63) is 127 Å². The summed E-state index contributed by atoms with van der Waals surface area (Å²) in [6, 6.07) is 26.1. The van der Waals surface area contributed by atoms with Crippen molar-refractivity contribution in [1.29, 1.82) is 0 Å². The number of furan rings is 1. The van der Waals surface area contributed by atoms with Gasteiger partial charge in [0.1, 0.15) is 23.8 Å². The van der Waals surface area contributed by atoms with Crippen LogP contribution in [0.4, 0.5) is 4.39 Å². The summed E-state index contributed by atoms with van der Waals surface area (Å²) in [6.07, 6.45) is 1.57. The maximum Gasteiger partial charge on any atom is 0.282 e. The fraction of sp³-hybridized carbons (Fsp3) is 0.0333. The lowest BCUT2D eigenvalue weighted by molar-refractivity contribution is 0.297. The van der Waals surface area contributed by atoms with Crippen LogP contribution in [0.2, 0.25) is 5.02 Å². The topological polar surface area (TPSA) is 69.6 Å².